The SMILES string of the molecule is COc1ccc(CN2C(=O)COC(CO)C2c2ccccc2)cc1. The van der Waals surface area contributed by atoms with E-state index in [0.717, 1.165) is 16.9 Å². The molecule has 0 bridgehead atoms. The van der Waals surface area contributed by atoms with Crippen LogP contribution in [0.1, 0.15) is 17.2 Å². The van der Waals surface area contributed by atoms with Crippen molar-refractivity contribution in [2.24, 2.45) is 0 Å². The molecule has 2 aromatic rings. The molecule has 1 aliphatic rings. The zero-order chi connectivity index (χ0) is 16.9. The van der Waals surface area contributed by atoms with Crippen molar-refractivity contribution in [3.8, 4) is 5.75 Å². The zero-order valence-electron chi connectivity index (χ0n) is 13.6. The average molecular weight is 327 g/mol. The van der Waals surface area contributed by atoms with E-state index in [1.165, 1.54) is 0 Å². The van der Waals surface area contributed by atoms with E-state index in [2.05, 4.69) is 0 Å². The van der Waals surface area contributed by atoms with Gasteiger partial charge in [0, 0.05) is 6.54 Å². The monoisotopic (exact) mass is 327 g/mol. The van der Waals surface area contributed by atoms with Crippen LogP contribution in [0, 0.1) is 0 Å². The summed E-state index contributed by atoms with van der Waals surface area (Å²) in [6, 6.07) is 17.0. The molecule has 1 aliphatic heterocycles. The van der Waals surface area contributed by atoms with Crippen molar-refractivity contribution >= 4 is 5.91 Å². The summed E-state index contributed by atoms with van der Waals surface area (Å²) in [5, 5.41) is 9.68. The number of benzene rings is 2. The van der Waals surface area contributed by atoms with E-state index < -0.39 is 6.10 Å². The molecule has 2 aromatic carbocycles. The summed E-state index contributed by atoms with van der Waals surface area (Å²) in [5.41, 5.74) is 1.96. The first-order valence-electron chi connectivity index (χ1n) is 7.92. The Morgan fingerprint density at radius 1 is 1.17 bits per heavy atom. The van der Waals surface area contributed by atoms with Crippen LogP contribution in [0.25, 0.3) is 0 Å². The summed E-state index contributed by atoms with van der Waals surface area (Å²) in [6.07, 6.45) is -0.427. The molecular weight excluding hydrogens is 306 g/mol. The smallest absolute Gasteiger partial charge is 0.249 e. The van der Waals surface area contributed by atoms with E-state index in [9.17, 15) is 9.90 Å². The predicted molar refractivity (Wildman–Crippen MR) is 89.6 cm³/mol. The van der Waals surface area contributed by atoms with E-state index >= 15 is 0 Å². The first-order chi connectivity index (χ1) is 11.7. The van der Waals surface area contributed by atoms with Gasteiger partial charge in [-0.25, -0.2) is 0 Å². The third kappa shape index (κ3) is 3.42. The van der Waals surface area contributed by atoms with Gasteiger partial charge in [-0.2, -0.15) is 0 Å². The third-order valence-corrected chi connectivity index (χ3v) is 4.26. The normalized spacial score (nSPS) is 20.9. The molecule has 2 atom stereocenters. The Morgan fingerprint density at radius 2 is 1.88 bits per heavy atom. The predicted octanol–water partition coefficient (Wildman–Crippen LogP) is 2.16. The lowest BCUT2D eigenvalue weighted by Gasteiger charge is -2.40. The molecule has 126 valence electrons. The molecule has 0 radical (unpaired) electrons. The molecule has 5 heteroatoms. The first kappa shape index (κ1) is 16.5. The largest absolute Gasteiger partial charge is 0.497 e. The van der Waals surface area contributed by atoms with Crippen molar-refractivity contribution in [1.29, 1.82) is 0 Å². The molecular formula is C19H21NO4. The summed E-state index contributed by atoms with van der Waals surface area (Å²) < 4.78 is 10.7. The van der Waals surface area contributed by atoms with Crippen molar-refractivity contribution in [3.63, 3.8) is 0 Å². The molecule has 0 aromatic heterocycles. The summed E-state index contributed by atoms with van der Waals surface area (Å²) in [4.78, 5) is 14.2. The van der Waals surface area contributed by atoms with Gasteiger partial charge in [0.25, 0.3) is 0 Å². The lowest BCUT2D eigenvalue weighted by molar-refractivity contribution is -0.162. The van der Waals surface area contributed by atoms with E-state index in [1.807, 2.05) is 54.6 Å². The third-order valence-electron chi connectivity index (χ3n) is 4.26. The number of aliphatic hydroxyl groups excluding tert-OH is 1. The van der Waals surface area contributed by atoms with Crippen LogP contribution in [-0.2, 0) is 16.1 Å². The highest BCUT2D eigenvalue weighted by Gasteiger charge is 2.37. The molecule has 2 unspecified atom stereocenters. The number of amides is 1. The Kier molecular flexibility index (Phi) is 5.13. The second-order valence-electron chi connectivity index (χ2n) is 5.76. The standard InChI is InChI=1S/C19H21NO4/c1-23-16-9-7-14(8-10-16)11-20-18(22)13-24-17(12-21)19(20)15-5-3-2-4-6-15/h2-10,17,19,21H,11-13H2,1H3. The molecule has 3 rings (SSSR count). The van der Waals surface area contributed by atoms with Gasteiger partial charge in [-0.15, -0.1) is 0 Å². The molecule has 0 aliphatic carbocycles. The van der Waals surface area contributed by atoms with Crippen LogP contribution in [0.15, 0.2) is 54.6 Å². The molecule has 1 amide bonds. The minimum absolute atomic E-state index is 0.00921. The van der Waals surface area contributed by atoms with E-state index in [0.29, 0.717) is 6.54 Å². The number of carbonyl (C=O) groups is 1. The van der Waals surface area contributed by atoms with Crippen LogP contribution in [0.5, 0.6) is 5.75 Å². The molecule has 0 spiro atoms. The van der Waals surface area contributed by atoms with Crippen molar-refractivity contribution in [1.82, 2.24) is 4.90 Å². The molecule has 24 heavy (non-hydrogen) atoms. The van der Waals surface area contributed by atoms with Crippen LogP contribution in [0.2, 0.25) is 0 Å². The van der Waals surface area contributed by atoms with Crippen molar-refractivity contribution in [2.75, 3.05) is 20.3 Å². The van der Waals surface area contributed by atoms with Gasteiger partial charge >= 0.3 is 0 Å². The highest BCUT2D eigenvalue weighted by molar-refractivity contribution is 5.79. The molecule has 1 heterocycles. The number of hydrogen-bond acceptors (Lipinski definition) is 4. The van der Waals surface area contributed by atoms with Crippen LogP contribution >= 0.6 is 0 Å². The highest BCUT2D eigenvalue weighted by Crippen LogP contribution is 2.31. The van der Waals surface area contributed by atoms with Gasteiger partial charge in [0.15, 0.2) is 0 Å². The highest BCUT2D eigenvalue weighted by atomic mass is 16.5. The summed E-state index contributed by atoms with van der Waals surface area (Å²) in [6.45, 7) is 0.318. The number of rotatable bonds is 5. The number of methoxy groups -OCH3 is 1. The fourth-order valence-corrected chi connectivity index (χ4v) is 3.02. The number of carbonyl (C=O) groups excluding carboxylic acids is 1. The number of nitrogens with zero attached hydrogens (tertiary/aromatic N) is 1. The second-order valence-corrected chi connectivity index (χ2v) is 5.76. The maximum Gasteiger partial charge on any atom is 0.249 e. The lowest BCUT2D eigenvalue weighted by Crippen LogP contribution is -2.49. The number of hydrogen-bond donors (Lipinski definition) is 1. The average Bonchev–Trinajstić information content (AvgIpc) is 2.64. The fraction of sp³-hybridized carbons (Fsp3) is 0.316. The quantitative estimate of drug-likeness (QED) is 0.914. The Balaban J connectivity index is 1.89. The Hall–Kier alpha value is -2.37. The molecule has 1 fully saturated rings. The van der Waals surface area contributed by atoms with Gasteiger partial charge in [-0.3, -0.25) is 4.79 Å². The summed E-state index contributed by atoms with van der Waals surface area (Å²) in [7, 11) is 1.62. The van der Waals surface area contributed by atoms with Crippen LogP contribution in [-0.4, -0.2) is 42.3 Å². The van der Waals surface area contributed by atoms with E-state index in [1.54, 1.807) is 12.0 Å². The maximum atomic E-state index is 12.5. The molecule has 0 saturated carbocycles. The van der Waals surface area contributed by atoms with Crippen molar-refractivity contribution < 1.29 is 19.4 Å². The van der Waals surface area contributed by atoms with Crippen molar-refractivity contribution in [3.05, 3.63) is 65.7 Å². The van der Waals surface area contributed by atoms with Crippen molar-refractivity contribution in [2.45, 2.75) is 18.7 Å². The number of morpholine rings is 1. The van der Waals surface area contributed by atoms with Gasteiger partial charge in [-0.1, -0.05) is 42.5 Å². The second kappa shape index (κ2) is 7.47. The molecule has 1 N–H and O–H groups in total. The first-order valence-corrected chi connectivity index (χ1v) is 7.92. The van der Waals surface area contributed by atoms with Gasteiger partial charge in [0.2, 0.25) is 5.91 Å². The lowest BCUT2D eigenvalue weighted by atomic mass is 9.97. The minimum Gasteiger partial charge on any atom is -0.497 e. The fourth-order valence-electron chi connectivity index (χ4n) is 3.02. The zero-order valence-corrected chi connectivity index (χ0v) is 13.6. The topological polar surface area (TPSA) is 59.0 Å². The van der Waals surface area contributed by atoms with Gasteiger partial charge in [0.05, 0.1) is 19.8 Å². The van der Waals surface area contributed by atoms with E-state index in [-0.39, 0.29) is 25.2 Å². The van der Waals surface area contributed by atoms with Crippen LogP contribution < -0.4 is 4.74 Å². The van der Waals surface area contributed by atoms with Gasteiger partial charge < -0.3 is 19.5 Å². The summed E-state index contributed by atoms with van der Waals surface area (Å²) >= 11 is 0. The maximum absolute atomic E-state index is 12.5. The van der Waals surface area contributed by atoms with Crippen LogP contribution in [0.3, 0.4) is 0 Å². The van der Waals surface area contributed by atoms with Gasteiger partial charge in [-0.05, 0) is 23.3 Å². The van der Waals surface area contributed by atoms with Gasteiger partial charge in [0.1, 0.15) is 18.5 Å². The molecule has 1 saturated heterocycles. The van der Waals surface area contributed by atoms with Crippen LogP contribution in [0.4, 0.5) is 0 Å². The van der Waals surface area contributed by atoms with E-state index in [4.69, 9.17) is 9.47 Å². The number of aliphatic hydroxyl groups is 1. The summed E-state index contributed by atoms with van der Waals surface area (Å²) in [5.74, 6) is 0.698. The molecule has 5 nitrogen and oxygen atoms in total. The number of ether oxygens (including phenoxy) is 2. The Bertz CT molecular complexity index is 672. The Labute approximate surface area is 141 Å². The minimum atomic E-state index is -0.427. The Morgan fingerprint density at radius 3 is 2.50 bits per heavy atom.